The number of hydrogen-bond donors (Lipinski definition) is 2. The summed E-state index contributed by atoms with van der Waals surface area (Å²) in [6, 6.07) is 2.59. The van der Waals surface area contributed by atoms with Crippen molar-refractivity contribution in [3.63, 3.8) is 0 Å². The van der Waals surface area contributed by atoms with Crippen molar-refractivity contribution in [2.75, 3.05) is 11.1 Å². The van der Waals surface area contributed by atoms with Crippen molar-refractivity contribution in [2.45, 2.75) is 32.7 Å². The van der Waals surface area contributed by atoms with Crippen molar-refractivity contribution in [3.05, 3.63) is 17.8 Å². The fourth-order valence-corrected chi connectivity index (χ4v) is 1.80. The van der Waals surface area contributed by atoms with Gasteiger partial charge >= 0.3 is 0 Å². The lowest BCUT2D eigenvalue weighted by Crippen LogP contribution is -2.07. The molecular weight excluding hydrogens is 174 g/mol. The molecule has 1 aliphatic carbocycles. The Hall–Kier alpha value is -1.25. The molecule has 2 atom stereocenters. The Bertz CT molecular complexity index is 335. The van der Waals surface area contributed by atoms with Crippen LogP contribution in [0.4, 0.5) is 11.5 Å². The lowest BCUT2D eigenvalue weighted by molar-refractivity contribution is 0.773. The first-order chi connectivity index (χ1) is 6.70. The number of nitrogens with two attached hydrogens (primary N) is 1. The second-order valence-electron chi connectivity index (χ2n) is 4.09. The van der Waals surface area contributed by atoms with E-state index in [1.54, 1.807) is 6.20 Å². The van der Waals surface area contributed by atoms with Gasteiger partial charge in [-0.1, -0.05) is 13.3 Å². The molecule has 3 N–H and O–H groups in total. The molecule has 1 fully saturated rings. The highest BCUT2D eigenvalue weighted by Crippen LogP contribution is 2.36. The number of aromatic nitrogens is 1. The fourth-order valence-electron chi connectivity index (χ4n) is 1.80. The van der Waals surface area contributed by atoms with E-state index >= 15 is 0 Å². The predicted octanol–water partition coefficient (Wildman–Crippen LogP) is 2.18. The van der Waals surface area contributed by atoms with Crippen LogP contribution in [0.15, 0.2) is 12.3 Å². The van der Waals surface area contributed by atoms with Gasteiger partial charge in [0.25, 0.3) is 0 Å². The van der Waals surface area contributed by atoms with Crippen molar-refractivity contribution < 1.29 is 0 Å². The largest absolute Gasteiger partial charge is 0.397 e. The number of rotatable bonds is 3. The van der Waals surface area contributed by atoms with Crippen molar-refractivity contribution in [1.29, 1.82) is 0 Å². The summed E-state index contributed by atoms with van der Waals surface area (Å²) in [6.07, 6.45) is 4.24. The standard InChI is InChI=1S/C11H17N3/c1-3-8-5-10(8)14-11-7(2)4-9(12)6-13-11/h4,6,8,10H,3,5,12H2,1-2H3,(H,13,14). The smallest absolute Gasteiger partial charge is 0.129 e. The van der Waals surface area contributed by atoms with Gasteiger partial charge in [-0.05, 0) is 30.9 Å². The van der Waals surface area contributed by atoms with Crippen LogP contribution in [0.5, 0.6) is 0 Å². The molecule has 1 saturated carbocycles. The first-order valence-electron chi connectivity index (χ1n) is 5.19. The molecule has 1 heterocycles. The number of aryl methyl sites for hydroxylation is 1. The van der Waals surface area contributed by atoms with Crippen LogP contribution in [0.1, 0.15) is 25.3 Å². The van der Waals surface area contributed by atoms with Gasteiger partial charge in [-0.25, -0.2) is 4.98 Å². The molecule has 0 radical (unpaired) electrons. The number of nitrogen functional groups attached to an aromatic ring is 1. The first kappa shape index (κ1) is 9.31. The summed E-state index contributed by atoms with van der Waals surface area (Å²) in [7, 11) is 0. The molecule has 2 rings (SSSR count). The zero-order chi connectivity index (χ0) is 10.1. The number of nitrogens with one attached hydrogen (secondary N) is 1. The summed E-state index contributed by atoms with van der Waals surface area (Å²) in [4.78, 5) is 4.29. The van der Waals surface area contributed by atoms with Gasteiger partial charge in [0.1, 0.15) is 5.82 Å². The predicted molar refractivity (Wildman–Crippen MR) is 59.2 cm³/mol. The molecule has 0 bridgehead atoms. The van der Waals surface area contributed by atoms with Crippen LogP contribution in [0.25, 0.3) is 0 Å². The zero-order valence-electron chi connectivity index (χ0n) is 8.75. The molecule has 0 spiro atoms. The van der Waals surface area contributed by atoms with Crippen molar-refractivity contribution in [2.24, 2.45) is 5.92 Å². The fraction of sp³-hybridized carbons (Fsp3) is 0.545. The van der Waals surface area contributed by atoms with Crippen LogP contribution < -0.4 is 11.1 Å². The first-order valence-corrected chi connectivity index (χ1v) is 5.19. The van der Waals surface area contributed by atoms with Crippen LogP contribution >= 0.6 is 0 Å². The van der Waals surface area contributed by atoms with Crippen molar-refractivity contribution in [3.8, 4) is 0 Å². The summed E-state index contributed by atoms with van der Waals surface area (Å²) in [5.74, 6) is 1.83. The van der Waals surface area contributed by atoms with Crippen LogP contribution in [-0.4, -0.2) is 11.0 Å². The molecular formula is C11H17N3. The minimum Gasteiger partial charge on any atom is -0.397 e. The minimum absolute atomic E-state index is 0.634. The van der Waals surface area contributed by atoms with Gasteiger partial charge in [0, 0.05) is 6.04 Å². The molecule has 1 aliphatic rings. The van der Waals surface area contributed by atoms with Crippen LogP contribution in [0.2, 0.25) is 0 Å². The van der Waals surface area contributed by atoms with E-state index in [0.717, 1.165) is 23.0 Å². The second-order valence-corrected chi connectivity index (χ2v) is 4.09. The topological polar surface area (TPSA) is 50.9 Å². The summed E-state index contributed by atoms with van der Waals surface area (Å²) in [5.41, 5.74) is 7.50. The Balaban J connectivity index is 2.03. The summed E-state index contributed by atoms with van der Waals surface area (Å²) in [6.45, 7) is 4.27. The van der Waals surface area contributed by atoms with E-state index in [-0.39, 0.29) is 0 Å². The molecule has 14 heavy (non-hydrogen) atoms. The third kappa shape index (κ3) is 1.81. The third-order valence-corrected chi connectivity index (χ3v) is 2.87. The normalized spacial score (nSPS) is 24.7. The highest BCUT2D eigenvalue weighted by Gasteiger charge is 2.35. The number of anilines is 2. The lowest BCUT2D eigenvalue weighted by Gasteiger charge is -2.08. The summed E-state index contributed by atoms with van der Waals surface area (Å²) < 4.78 is 0. The van der Waals surface area contributed by atoms with Gasteiger partial charge in [0.2, 0.25) is 0 Å². The molecule has 76 valence electrons. The van der Waals surface area contributed by atoms with E-state index in [0.29, 0.717) is 6.04 Å². The maximum atomic E-state index is 5.64. The van der Waals surface area contributed by atoms with Gasteiger partial charge in [-0.2, -0.15) is 0 Å². The Morgan fingerprint density at radius 2 is 2.43 bits per heavy atom. The average molecular weight is 191 g/mol. The lowest BCUT2D eigenvalue weighted by atomic mass is 10.2. The molecule has 3 heteroatoms. The van der Waals surface area contributed by atoms with Crippen molar-refractivity contribution in [1.82, 2.24) is 4.98 Å². The van der Waals surface area contributed by atoms with Crippen LogP contribution in [0, 0.1) is 12.8 Å². The molecule has 0 saturated heterocycles. The number of pyridine rings is 1. The SMILES string of the molecule is CCC1CC1Nc1ncc(N)cc1C. The Morgan fingerprint density at radius 3 is 3.00 bits per heavy atom. The van der Waals surface area contributed by atoms with E-state index in [1.807, 2.05) is 13.0 Å². The van der Waals surface area contributed by atoms with E-state index in [1.165, 1.54) is 12.8 Å². The summed E-state index contributed by atoms with van der Waals surface area (Å²) >= 11 is 0. The van der Waals surface area contributed by atoms with E-state index in [9.17, 15) is 0 Å². The van der Waals surface area contributed by atoms with Gasteiger partial charge in [-0.15, -0.1) is 0 Å². The van der Waals surface area contributed by atoms with Gasteiger partial charge in [-0.3, -0.25) is 0 Å². The van der Waals surface area contributed by atoms with E-state index < -0.39 is 0 Å². The molecule has 0 aromatic carbocycles. The zero-order valence-corrected chi connectivity index (χ0v) is 8.75. The quantitative estimate of drug-likeness (QED) is 0.770. The maximum absolute atomic E-state index is 5.64. The monoisotopic (exact) mass is 191 g/mol. The molecule has 0 amide bonds. The summed E-state index contributed by atoms with van der Waals surface area (Å²) in [5, 5.41) is 3.45. The average Bonchev–Trinajstić information content (AvgIpc) is 2.89. The van der Waals surface area contributed by atoms with Crippen molar-refractivity contribution >= 4 is 11.5 Å². The van der Waals surface area contributed by atoms with Crippen LogP contribution in [-0.2, 0) is 0 Å². The Labute approximate surface area is 84.7 Å². The molecule has 2 unspecified atom stereocenters. The number of hydrogen-bond acceptors (Lipinski definition) is 3. The minimum atomic E-state index is 0.634. The Morgan fingerprint density at radius 1 is 1.64 bits per heavy atom. The van der Waals surface area contributed by atoms with E-state index in [4.69, 9.17) is 5.73 Å². The Kier molecular flexibility index (Phi) is 2.32. The highest BCUT2D eigenvalue weighted by molar-refractivity contribution is 5.51. The maximum Gasteiger partial charge on any atom is 0.129 e. The molecule has 1 aromatic heterocycles. The van der Waals surface area contributed by atoms with Crippen LogP contribution in [0.3, 0.4) is 0 Å². The second kappa shape index (κ2) is 3.48. The molecule has 3 nitrogen and oxygen atoms in total. The highest BCUT2D eigenvalue weighted by atomic mass is 15.1. The van der Waals surface area contributed by atoms with E-state index in [2.05, 4.69) is 17.2 Å². The van der Waals surface area contributed by atoms with Gasteiger partial charge in [0.05, 0.1) is 11.9 Å². The third-order valence-electron chi connectivity index (χ3n) is 2.87. The van der Waals surface area contributed by atoms with Gasteiger partial charge in [0.15, 0.2) is 0 Å². The van der Waals surface area contributed by atoms with Gasteiger partial charge < -0.3 is 11.1 Å². The number of nitrogens with zero attached hydrogens (tertiary/aromatic N) is 1. The molecule has 1 aromatic rings. The molecule has 0 aliphatic heterocycles.